The Bertz CT molecular complexity index is 939. The lowest BCUT2D eigenvalue weighted by Crippen LogP contribution is -2.29. The molecule has 1 saturated carbocycles. The number of hydrogen-bond donors (Lipinski definition) is 4. The van der Waals surface area contributed by atoms with E-state index in [1.807, 2.05) is 24.3 Å². The highest BCUT2D eigenvalue weighted by atomic mass is 16.3. The Hall–Kier alpha value is -2.71. The maximum atomic E-state index is 10.0. The summed E-state index contributed by atoms with van der Waals surface area (Å²) in [5.41, 5.74) is 1.12. The number of anilines is 3. The minimum atomic E-state index is -0.977. The summed E-state index contributed by atoms with van der Waals surface area (Å²) in [7, 11) is 0. The summed E-state index contributed by atoms with van der Waals surface area (Å²) in [6, 6.07) is 9.79. The molecule has 3 aromatic rings. The van der Waals surface area contributed by atoms with Crippen molar-refractivity contribution in [3.63, 3.8) is 0 Å². The Balaban J connectivity index is 1.51. The molecule has 0 bridgehead atoms. The summed E-state index contributed by atoms with van der Waals surface area (Å²) in [6.45, 7) is 3.40. The van der Waals surface area contributed by atoms with Crippen LogP contribution < -0.4 is 10.6 Å². The summed E-state index contributed by atoms with van der Waals surface area (Å²) in [4.78, 5) is 8.82. The van der Waals surface area contributed by atoms with Crippen molar-refractivity contribution >= 4 is 23.1 Å². The minimum absolute atomic E-state index is 0.174. The van der Waals surface area contributed by atoms with Gasteiger partial charge in [-0.25, -0.2) is 0 Å². The van der Waals surface area contributed by atoms with Gasteiger partial charge in [-0.05, 0) is 63.8 Å². The van der Waals surface area contributed by atoms with E-state index in [1.54, 1.807) is 30.6 Å². The molecule has 3 aromatic heterocycles. The molecule has 1 aliphatic rings. The first-order chi connectivity index (χ1) is 13.4. The normalized spacial score (nSPS) is 20.3. The van der Waals surface area contributed by atoms with Crippen molar-refractivity contribution in [3.8, 4) is 0 Å². The third kappa shape index (κ3) is 4.07. The topological polar surface area (TPSA) is 108 Å². The Labute approximate surface area is 163 Å². The van der Waals surface area contributed by atoms with Crippen LogP contribution in [-0.4, -0.2) is 41.9 Å². The third-order valence-corrected chi connectivity index (χ3v) is 5.05. The number of aliphatic hydroxyl groups excluding tert-OH is 1. The molecule has 4 N–H and O–H groups in total. The van der Waals surface area contributed by atoms with Crippen molar-refractivity contribution in [3.05, 3.63) is 42.2 Å². The highest BCUT2D eigenvalue weighted by molar-refractivity contribution is 5.57. The lowest BCUT2D eigenvalue weighted by atomic mass is 9.93. The predicted molar refractivity (Wildman–Crippen MR) is 108 cm³/mol. The van der Waals surface area contributed by atoms with Crippen LogP contribution in [0.1, 0.15) is 45.2 Å². The van der Waals surface area contributed by atoms with Crippen LogP contribution in [0.2, 0.25) is 0 Å². The van der Waals surface area contributed by atoms with Gasteiger partial charge in [0.05, 0.1) is 23.7 Å². The second-order valence-electron chi connectivity index (χ2n) is 7.88. The molecule has 0 atom stereocenters. The molecule has 3 heterocycles. The Morgan fingerprint density at radius 1 is 1.11 bits per heavy atom. The molecule has 0 aromatic carbocycles. The first kappa shape index (κ1) is 18.6. The van der Waals surface area contributed by atoms with Crippen molar-refractivity contribution in [2.24, 2.45) is 0 Å². The van der Waals surface area contributed by atoms with Gasteiger partial charge in [0.15, 0.2) is 5.65 Å². The SMILES string of the molecule is CC(C)(O)c1ccc(Nc2nc3cccc(N[C@H]4CC[C@@H](O)CC4)n3n2)cn1. The summed E-state index contributed by atoms with van der Waals surface area (Å²) >= 11 is 0. The van der Waals surface area contributed by atoms with Crippen molar-refractivity contribution in [1.29, 1.82) is 0 Å². The number of hydrogen-bond acceptors (Lipinski definition) is 7. The van der Waals surface area contributed by atoms with E-state index in [-0.39, 0.29) is 6.10 Å². The molecule has 0 amide bonds. The van der Waals surface area contributed by atoms with Gasteiger partial charge in [0.1, 0.15) is 11.4 Å². The van der Waals surface area contributed by atoms with Gasteiger partial charge in [-0.2, -0.15) is 9.50 Å². The average Bonchev–Trinajstić information content (AvgIpc) is 3.07. The van der Waals surface area contributed by atoms with Crippen LogP contribution in [0.4, 0.5) is 17.5 Å². The van der Waals surface area contributed by atoms with Gasteiger partial charge < -0.3 is 20.8 Å². The standard InChI is InChI=1S/C20H26N6O2/c1-20(2,28)16-11-8-14(12-21-16)23-19-24-18-5-3-4-17(26(18)25-19)22-13-6-9-15(27)10-7-13/h3-5,8,11-13,15,22,27-28H,6-7,9-10H2,1-2H3,(H,23,25)/t13-,15+. The van der Waals surface area contributed by atoms with Crippen LogP contribution in [0.25, 0.3) is 5.65 Å². The van der Waals surface area contributed by atoms with Crippen molar-refractivity contribution in [1.82, 2.24) is 19.6 Å². The molecule has 1 aliphatic carbocycles. The van der Waals surface area contributed by atoms with E-state index in [1.165, 1.54) is 0 Å². The quantitative estimate of drug-likeness (QED) is 0.537. The van der Waals surface area contributed by atoms with Gasteiger partial charge in [-0.1, -0.05) is 6.07 Å². The van der Waals surface area contributed by atoms with Gasteiger partial charge in [-0.3, -0.25) is 4.98 Å². The van der Waals surface area contributed by atoms with E-state index in [0.717, 1.165) is 42.8 Å². The van der Waals surface area contributed by atoms with Gasteiger partial charge in [0.25, 0.3) is 0 Å². The summed E-state index contributed by atoms with van der Waals surface area (Å²) < 4.78 is 1.78. The predicted octanol–water partition coefficient (Wildman–Crippen LogP) is 2.81. The van der Waals surface area contributed by atoms with Crippen LogP contribution in [0.5, 0.6) is 0 Å². The fraction of sp³-hybridized carbons (Fsp3) is 0.450. The maximum Gasteiger partial charge on any atom is 0.247 e. The van der Waals surface area contributed by atoms with E-state index in [4.69, 9.17) is 0 Å². The molecule has 148 valence electrons. The van der Waals surface area contributed by atoms with Crippen LogP contribution in [0.15, 0.2) is 36.5 Å². The second-order valence-corrected chi connectivity index (χ2v) is 7.88. The lowest BCUT2D eigenvalue weighted by molar-refractivity contribution is 0.0739. The first-order valence-electron chi connectivity index (χ1n) is 9.65. The van der Waals surface area contributed by atoms with Gasteiger partial charge in [0, 0.05) is 6.04 Å². The third-order valence-electron chi connectivity index (χ3n) is 5.05. The molecule has 4 rings (SSSR count). The number of nitrogens with zero attached hydrogens (tertiary/aromatic N) is 4. The zero-order valence-corrected chi connectivity index (χ0v) is 16.1. The molecule has 0 aliphatic heterocycles. The van der Waals surface area contributed by atoms with Crippen LogP contribution in [0.3, 0.4) is 0 Å². The Kier molecular flexibility index (Phi) is 4.91. The number of nitrogens with one attached hydrogen (secondary N) is 2. The molecule has 1 fully saturated rings. The van der Waals surface area contributed by atoms with Crippen molar-refractivity contribution in [2.45, 2.75) is 57.3 Å². The fourth-order valence-electron chi connectivity index (χ4n) is 3.46. The smallest absolute Gasteiger partial charge is 0.247 e. The monoisotopic (exact) mass is 382 g/mol. The van der Waals surface area contributed by atoms with Crippen molar-refractivity contribution in [2.75, 3.05) is 10.6 Å². The number of fused-ring (bicyclic) bond motifs is 1. The van der Waals surface area contributed by atoms with E-state index in [2.05, 4.69) is 25.7 Å². The molecule has 0 spiro atoms. The molecule has 0 saturated heterocycles. The molecule has 8 nitrogen and oxygen atoms in total. The van der Waals surface area contributed by atoms with Gasteiger partial charge >= 0.3 is 0 Å². The lowest BCUT2D eigenvalue weighted by Gasteiger charge is -2.26. The number of aromatic nitrogens is 4. The van der Waals surface area contributed by atoms with Crippen LogP contribution in [0, 0.1) is 0 Å². The fourth-order valence-corrected chi connectivity index (χ4v) is 3.46. The molecular formula is C20H26N6O2. The van der Waals surface area contributed by atoms with E-state index < -0.39 is 5.60 Å². The van der Waals surface area contributed by atoms with Crippen LogP contribution >= 0.6 is 0 Å². The number of rotatable bonds is 5. The molecule has 0 radical (unpaired) electrons. The highest BCUT2D eigenvalue weighted by Crippen LogP contribution is 2.24. The van der Waals surface area contributed by atoms with Crippen LogP contribution in [-0.2, 0) is 5.60 Å². The number of aliphatic hydroxyl groups is 2. The van der Waals surface area contributed by atoms with E-state index >= 15 is 0 Å². The summed E-state index contributed by atoms with van der Waals surface area (Å²) in [5.74, 6) is 1.36. The Morgan fingerprint density at radius 3 is 2.57 bits per heavy atom. The van der Waals surface area contributed by atoms with Gasteiger partial charge in [-0.15, -0.1) is 5.10 Å². The summed E-state index contributed by atoms with van der Waals surface area (Å²) in [5, 5.41) is 31.0. The molecule has 28 heavy (non-hydrogen) atoms. The Morgan fingerprint density at radius 2 is 1.89 bits per heavy atom. The minimum Gasteiger partial charge on any atom is -0.393 e. The van der Waals surface area contributed by atoms with E-state index in [0.29, 0.717) is 17.7 Å². The van der Waals surface area contributed by atoms with Gasteiger partial charge in [0.2, 0.25) is 5.95 Å². The average molecular weight is 382 g/mol. The second kappa shape index (κ2) is 7.37. The molecular weight excluding hydrogens is 356 g/mol. The molecule has 8 heteroatoms. The van der Waals surface area contributed by atoms with Crippen molar-refractivity contribution < 1.29 is 10.2 Å². The molecule has 0 unspecified atom stereocenters. The largest absolute Gasteiger partial charge is 0.393 e. The summed E-state index contributed by atoms with van der Waals surface area (Å²) in [6.07, 6.45) is 5.02. The highest BCUT2D eigenvalue weighted by Gasteiger charge is 2.20. The van der Waals surface area contributed by atoms with E-state index in [9.17, 15) is 10.2 Å². The maximum absolute atomic E-state index is 10.0. The number of pyridine rings is 2. The zero-order valence-electron chi connectivity index (χ0n) is 16.1. The first-order valence-corrected chi connectivity index (χ1v) is 9.65. The zero-order chi connectivity index (χ0) is 19.7.